The molecule has 4 rings (SSSR count). The van der Waals surface area contributed by atoms with E-state index in [1.54, 1.807) is 6.07 Å². The molecule has 31 heavy (non-hydrogen) atoms. The summed E-state index contributed by atoms with van der Waals surface area (Å²) in [6, 6.07) is 19.9. The molecule has 0 bridgehead atoms. The summed E-state index contributed by atoms with van der Waals surface area (Å²) in [5.41, 5.74) is 1.53. The number of hydrogen-bond donors (Lipinski definition) is 2. The lowest BCUT2D eigenvalue weighted by atomic mass is 9.93. The summed E-state index contributed by atoms with van der Waals surface area (Å²) in [4.78, 5) is 16.5. The van der Waals surface area contributed by atoms with E-state index in [4.69, 9.17) is 17.1 Å². The molecule has 0 spiro atoms. The third-order valence-electron chi connectivity index (χ3n) is 4.33. The number of phenols is 1. The van der Waals surface area contributed by atoms with Gasteiger partial charge in [-0.15, -0.1) is 0 Å². The quantitative estimate of drug-likeness (QED) is 0.412. The number of nitrogens with zero attached hydrogens (tertiary/aromatic N) is 2. The summed E-state index contributed by atoms with van der Waals surface area (Å²) in [5.74, 6) is 0.863. The number of rotatable bonds is 6. The molecule has 152 valence electrons. The Morgan fingerprint density at radius 1 is 1.10 bits per heavy atom. The van der Waals surface area contributed by atoms with Crippen molar-refractivity contribution in [3.8, 4) is 28.6 Å². The van der Waals surface area contributed by atoms with E-state index >= 15 is 0 Å². The predicted molar refractivity (Wildman–Crippen MR) is 119 cm³/mol. The van der Waals surface area contributed by atoms with Gasteiger partial charge in [-0.25, -0.2) is 0 Å². The summed E-state index contributed by atoms with van der Waals surface area (Å²) >= 11 is 3.20. The molecule has 3 aromatic carbocycles. The van der Waals surface area contributed by atoms with Crippen molar-refractivity contribution >= 4 is 35.1 Å². The maximum Gasteiger partial charge on any atom is 0.316 e. The Bertz CT molecular complexity index is 1190. The van der Waals surface area contributed by atoms with Gasteiger partial charge in [-0.05, 0) is 51.8 Å². The molecule has 9 heteroatoms. The topological polar surface area (TPSA) is 97.5 Å². The summed E-state index contributed by atoms with van der Waals surface area (Å²) in [6.07, 6.45) is 0. The minimum atomic E-state index is -0.505. The third kappa shape index (κ3) is 4.95. The number of carbonyl (C=O) groups is 1. The van der Waals surface area contributed by atoms with E-state index in [1.807, 2.05) is 54.6 Å². The molecule has 1 heterocycles. The average Bonchev–Trinajstić information content (AvgIpc) is 3.28. The fourth-order valence-electron chi connectivity index (χ4n) is 2.74. The summed E-state index contributed by atoms with van der Waals surface area (Å²) < 4.78 is 11.2. The van der Waals surface area contributed by atoms with Crippen molar-refractivity contribution in [2.45, 2.75) is 6.54 Å². The minimum Gasteiger partial charge on any atom is -0.507 e. The lowest BCUT2D eigenvalue weighted by molar-refractivity contribution is 0.0907. The first-order chi connectivity index (χ1) is 15.0. The molecular formula is C22H15BBrN3O4. The molecule has 0 saturated heterocycles. The van der Waals surface area contributed by atoms with Gasteiger partial charge in [0.25, 0.3) is 0 Å². The number of carbonyl (C=O) groups excluding carboxylic acids is 1. The highest BCUT2D eigenvalue weighted by atomic mass is 79.9. The highest BCUT2D eigenvalue weighted by Crippen LogP contribution is 2.26. The summed E-state index contributed by atoms with van der Waals surface area (Å²) in [7, 11) is 5.74. The smallest absolute Gasteiger partial charge is 0.316 e. The summed E-state index contributed by atoms with van der Waals surface area (Å²) in [6.45, 7) is 0.278. The van der Waals surface area contributed by atoms with Gasteiger partial charge in [0.1, 0.15) is 25.1 Å². The van der Waals surface area contributed by atoms with Crippen molar-refractivity contribution in [3.05, 3.63) is 82.7 Å². The molecule has 1 amide bonds. The first kappa shape index (κ1) is 20.7. The van der Waals surface area contributed by atoms with Gasteiger partial charge in [-0.1, -0.05) is 47.0 Å². The Balaban J connectivity index is 1.37. The summed E-state index contributed by atoms with van der Waals surface area (Å²) in [5, 5.41) is 16.3. The van der Waals surface area contributed by atoms with Crippen LogP contribution in [0.5, 0.6) is 17.2 Å². The number of ether oxygens (including phenoxy) is 1. The lowest BCUT2D eigenvalue weighted by Crippen LogP contribution is -2.23. The number of amides is 1. The van der Waals surface area contributed by atoms with E-state index in [0.29, 0.717) is 15.8 Å². The van der Waals surface area contributed by atoms with Crippen LogP contribution in [0.15, 0.2) is 75.7 Å². The molecule has 1 aromatic heterocycles. The second kappa shape index (κ2) is 9.05. The standard InChI is InChI=1S/C22H15BBrN3O4/c23-17-10-14(11-18(24)19(17)28)20-26-22(31-27-20)21(29)25-12-13-6-8-16(9-7-13)30-15-4-2-1-3-5-15/h1-11,28H,12H2,(H,25,29). The molecule has 0 aliphatic heterocycles. The molecule has 0 unspecified atom stereocenters. The van der Waals surface area contributed by atoms with E-state index in [0.717, 1.165) is 11.3 Å². The number of hydrogen-bond acceptors (Lipinski definition) is 6. The second-order valence-corrected chi connectivity index (χ2v) is 7.42. The Morgan fingerprint density at radius 3 is 2.52 bits per heavy atom. The predicted octanol–water partition coefficient (Wildman–Crippen LogP) is 3.72. The van der Waals surface area contributed by atoms with Gasteiger partial charge < -0.3 is 19.7 Å². The zero-order valence-electron chi connectivity index (χ0n) is 16.1. The van der Waals surface area contributed by atoms with Crippen LogP contribution in [-0.2, 0) is 6.54 Å². The number of aromatic nitrogens is 2. The Hall–Kier alpha value is -3.59. The Morgan fingerprint density at radius 2 is 1.81 bits per heavy atom. The molecular weight excluding hydrogens is 461 g/mol. The van der Waals surface area contributed by atoms with Crippen molar-refractivity contribution in [1.82, 2.24) is 15.5 Å². The van der Waals surface area contributed by atoms with Crippen LogP contribution in [0.4, 0.5) is 0 Å². The highest BCUT2D eigenvalue weighted by Gasteiger charge is 2.17. The Labute approximate surface area is 187 Å². The molecule has 0 aliphatic rings. The molecule has 7 nitrogen and oxygen atoms in total. The highest BCUT2D eigenvalue weighted by molar-refractivity contribution is 9.10. The number of benzene rings is 3. The zero-order chi connectivity index (χ0) is 21.8. The number of phenolic OH excluding ortho intramolecular Hbond substituents is 1. The number of para-hydroxylation sites is 1. The molecule has 0 aliphatic carbocycles. The monoisotopic (exact) mass is 475 g/mol. The molecule has 0 atom stereocenters. The molecule has 2 N–H and O–H groups in total. The van der Waals surface area contributed by atoms with Crippen molar-refractivity contribution in [1.29, 1.82) is 0 Å². The van der Waals surface area contributed by atoms with Crippen molar-refractivity contribution in [3.63, 3.8) is 0 Å². The molecule has 2 radical (unpaired) electrons. The Kier molecular flexibility index (Phi) is 6.04. The largest absolute Gasteiger partial charge is 0.507 e. The normalized spacial score (nSPS) is 10.6. The van der Waals surface area contributed by atoms with Gasteiger partial charge in [0.05, 0.1) is 4.47 Å². The van der Waals surface area contributed by atoms with Gasteiger partial charge >= 0.3 is 11.8 Å². The van der Waals surface area contributed by atoms with Gasteiger partial charge in [-0.3, -0.25) is 4.79 Å². The van der Waals surface area contributed by atoms with Crippen LogP contribution in [0.3, 0.4) is 0 Å². The van der Waals surface area contributed by atoms with E-state index in [9.17, 15) is 9.90 Å². The van der Waals surface area contributed by atoms with Gasteiger partial charge in [0.2, 0.25) is 5.82 Å². The van der Waals surface area contributed by atoms with Gasteiger partial charge in [0.15, 0.2) is 0 Å². The maximum absolute atomic E-state index is 12.4. The average molecular weight is 476 g/mol. The zero-order valence-corrected chi connectivity index (χ0v) is 17.7. The lowest BCUT2D eigenvalue weighted by Gasteiger charge is -2.07. The number of halogens is 1. The second-order valence-electron chi connectivity index (χ2n) is 6.56. The van der Waals surface area contributed by atoms with E-state index in [-0.39, 0.29) is 29.5 Å². The van der Waals surface area contributed by atoms with E-state index in [1.165, 1.54) is 6.07 Å². The van der Waals surface area contributed by atoms with Crippen molar-refractivity contribution in [2.75, 3.05) is 0 Å². The van der Waals surface area contributed by atoms with Crippen LogP contribution in [0.1, 0.15) is 16.2 Å². The van der Waals surface area contributed by atoms with Crippen LogP contribution >= 0.6 is 15.9 Å². The SMILES string of the molecule is [B]c1cc(-c2noc(C(=O)NCc3ccc(Oc4ccccc4)cc3)n2)cc(Br)c1O. The van der Waals surface area contributed by atoms with Gasteiger partial charge in [0, 0.05) is 12.1 Å². The van der Waals surface area contributed by atoms with E-state index < -0.39 is 5.91 Å². The fourth-order valence-corrected chi connectivity index (χ4v) is 3.22. The molecule has 0 saturated carbocycles. The van der Waals surface area contributed by atoms with Crippen molar-refractivity contribution < 1.29 is 19.2 Å². The third-order valence-corrected chi connectivity index (χ3v) is 4.93. The van der Waals surface area contributed by atoms with Crippen LogP contribution in [0.25, 0.3) is 11.4 Å². The van der Waals surface area contributed by atoms with Crippen LogP contribution in [-0.4, -0.2) is 29.0 Å². The van der Waals surface area contributed by atoms with Crippen LogP contribution < -0.4 is 15.5 Å². The van der Waals surface area contributed by atoms with E-state index in [2.05, 4.69) is 31.4 Å². The van der Waals surface area contributed by atoms with Crippen molar-refractivity contribution in [2.24, 2.45) is 0 Å². The van der Waals surface area contributed by atoms with Crippen LogP contribution in [0, 0.1) is 0 Å². The number of aromatic hydroxyl groups is 1. The fraction of sp³-hybridized carbons (Fsp3) is 0.0455. The molecule has 4 aromatic rings. The van der Waals surface area contributed by atoms with Crippen LogP contribution in [0.2, 0.25) is 0 Å². The molecule has 0 fully saturated rings. The number of nitrogens with one attached hydrogen (secondary N) is 1. The first-order valence-electron chi connectivity index (χ1n) is 9.22. The van der Waals surface area contributed by atoms with Gasteiger partial charge in [-0.2, -0.15) is 4.98 Å². The maximum atomic E-state index is 12.4. The minimum absolute atomic E-state index is 0.0783. The first-order valence-corrected chi connectivity index (χ1v) is 10.0.